The maximum absolute atomic E-state index is 9.50. The van der Waals surface area contributed by atoms with Crippen LogP contribution in [-0.2, 0) is 0 Å². The second kappa shape index (κ2) is 5.21. The van der Waals surface area contributed by atoms with Gasteiger partial charge in [-0.15, -0.1) is 5.73 Å². The summed E-state index contributed by atoms with van der Waals surface area (Å²) in [5, 5.41) is 10.2. The lowest BCUT2D eigenvalue weighted by molar-refractivity contribution is 0.108. The Bertz CT molecular complexity index is 216. The zero-order chi connectivity index (χ0) is 9.61. The summed E-state index contributed by atoms with van der Waals surface area (Å²) in [5.74, 6) is 0. The van der Waals surface area contributed by atoms with Crippen LogP contribution in [0.3, 0.4) is 0 Å². The molecule has 1 unspecified atom stereocenters. The summed E-state index contributed by atoms with van der Waals surface area (Å²) in [6.07, 6.45) is 5.72. The van der Waals surface area contributed by atoms with E-state index in [1.165, 1.54) is 0 Å². The predicted octanol–water partition coefficient (Wildman–Crippen LogP) is 3.00. The van der Waals surface area contributed by atoms with Crippen molar-refractivity contribution in [3.63, 3.8) is 0 Å². The Morgan fingerprint density at radius 1 is 1.67 bits per heavy atom. The molecule has 1 nitrogen and oxygen atoms in total. The first-order chi connectivity index (χ1) is 5.48. The second-order valence-electron chi connectivity index (χ2n) is 2.94. The van der Waals surface area contributed by atoms with Crippen molar-refractivity contribution in [2.75, 3.05) is 0 Å². The zero-order valence-electron chi connectivity index (χ0n) is 7.76. The molecule has 0 aromatic carbocycles. The fraction of sp³-hybridized carbons (Fsp3) is 0.500. The smallest absolute Gasteiger partial charge is 0.0870 e. The maximum atomic E-state index is 9.50. The first kappa shape index (κ1) is 11.5. The summed E-state index contributed by atoms with van der Waals surface area (Å²) in [6, 6.07) is 0. The largest absolute Gasteiger partial charge is 0.385 e. The van der Waals surface area contributed by atoms with Crippen molar-refractivity contribution in [2.24, 2.45) is 0 Å². The van der Waals surface area contributed by atoms with E-state index in [4.69, 9.17) is 11.6 Å². The quantitative estimate of drug-likeness (QED) is 0.531. The fourth-order valence-electron chi connectivity index (χ4n) is 0.493. The summed E-state index contributed by atoms with van der Waals surface area (Å²) >= 11 is 5.58. The highest BCUT2D eigenvalue weighted by atomic mass is 35.5. The molecular formula is C10H15ClO. The van der Waals surface area contributed by atoms with Crippen LogP contribution in [0, 0.1) is 0 Å². The third kappa shape index (κ3) is 6.23. The van der Waals surface area contributed by atoms with Gasteiger partial charge in [0.25, 0.3) is 0 Å². The van der Waals surface area contributed by atoms with E-state index in [2.05, 4.69) is 5.73 Å². The van der Waals surface area contributed by atoms with Gasteiger partial charge in [-0.3, -0.25) is 0 Å². The lowest BCUT2D eigenvalue weighted by atomic mass is 10.0. The molecule has 1 N–H and O–H groups in total. The predicted molar refractivity (Wildman–Crippen MR) is 53.2 cm³/mol. The Morgan fingerprint density at radius 3 is 2.67 bits per heavy atom. The molecule has 0 amide bonds. The highest BCUT2D eigenvalue weighted by Gasteiger charge is 2.10. The van der Waals surface area contributed by atoms with Crippen molar-refractivity contribution in [1.29, 1.82) is 0 Å². The normalized spacial score (nSPS) is 16.2. The molecular weight excluding hydrogens is 172 g/mol. The molecule has 12 heavy (non-hydrogen) atoms. The van der Waals surface area contributed by atoms with Crippen LogP contribution >= 0.6 is 11.6 Å². The SMILES string of the molecule is CCC(C)(O)C=C=C/C=C(\C)Cl. The van der Waals surface area contributed by atoms with Gasteiger partial charge >= 0.3 is 0 Å². The van der Waals surface area contributed by atoms with Crippen LogP contribution in [0.2, 0.25) is 0 Å². The van der Waals surface area contributed by atoms with Gasteiger partial charge in [0.1, 0.15) is 0 Å². The fourth-order valence-corrected chi connectivity index (χ4v) is 0.556. The zero-order valence-corrected chi connectivity index (χ0v) is 8.52. The third-order valence-electron chi connectivity index (χ3n) is 1.52. The summed E-state index contributed by atoms with van der Waals surface area (Å²) < 4.78 is 0. The monoisotopic (exact) mass is 186 g/mol. The van der Waals surface area contributed by atoms with Gasteiger partial charge in [-0.25, -0.2) is 0 Å². The number of hydrogen-bond acceptors (Lipinski definition) is 1. The lowest BCUT2D eigenvalue weighted by Gasteiger charge is -2.13. The maximum Gasteiger partial charge on any atom is 0.0870 e. The molecule has 0 aromatic heterocycles. The van der Waals surface area contributed by atoms with Crippen LogP contribution in [-0.4, -0.2) is 10.7 Å². The summed E-state index contributed by atoms with van der Waals surface area (Å²) in [4.78, 5) is 0. The van der Waals surface area contributed by atoms with E-state index < -0.39 is 5.60 Å². The van der Waals surface area contributed by atoms with Crippen LogP contribution < -0.4 is 0 Å². The van der Waals surface area contributed by atoms with Gasteiger partial charge < -0.3 is 5.11 Å². The summed E-state index contributed by atoms with van der Waals surface area (Å²) in [7, 11) is 0. The summed E-state index contributed by atoms with van der Waals surface area (Å²) in [5.41, 5.74) is 2.09. The Kier molecular flexibility index (Phi) is 5.00. The van der Waals surface area contributed by atoms with Crippen LogP contribution in [0.15, 0.2) is 29.0 Å². The average molecular weight is 187 g/mol. The minimum Gasteiger partial charge on any atom is -0.385 e. The molecule has 2 heteroatoms. The topological polar surface area (TPSA) is 20.2 Å². The van der Waals surface area contributed by atoms with Gasteiger partial charge in [0.2, 0.25) is 0 Å². The molecule has 1 atom stereocenters. The van der Waals surface area contributed by atoms with E-state index in [0.717, 1.165) is 0 Å². The molecule has 0 saturated heterocycles. The number of rotatable bonds is 3. The number of allylic oxidation sites excluding steroid dienone is 2. The van der Waals surface area contributed by atoms with Crippen molar-refractivity contribution in [1.82, 2.24) is 0 Å². The minimum absolute atomic E-state index is 0.678. The minimum atomic E-state index is -0.759. The first-order valence-electron chi connectivity index (χ1n) is 3.96. The molecule has 0 fully saturated rings. The Balaban J connectivity index is 4.24. The number of hydrogen-bond donors (Lipinski definition) is 1. The molecule has 0 saturated carbocycles. The van der Waals surface area contributed by atoms with Crippen molar-refractivity contribution in [2.45, 2.75) is 32.8 Å². The molecule has 0 aliphatic heterocycles. The van der Waals surface area contributed by atoms with E-state index in [1.54, 1.807) is 32.1 Å². The molecule has 0 heterocycles. The van der Waals surface area contributed by atoms with Gasteiger partial charge in [0.15, 0.2) is 0 Å². The molecule has 0 bridgehead atoms. The van der Waals surface area contributed by atoms with Crippen LogP contribution in [0.25, 0.3) is 0 Å². The molecule has 0 aliphatic rings. The molecule has 0 radical (unpaired) electrons. The third-order valence-corrected chi connectivity index (χ3v) is 1.65. The molecule has 68 valence electrons. The lowest BCUT2D eigenvalue weighted by Crippen LogP contribution is -2.17. The molecule has 0 aromatic rings. The van der Waals surface area contributed by atoms with Crippen molar-refractivity contribution in [3.05, 3.63) is 29.0 Å². The standard InChI is InChI=1S/C10H15ClO/c1-4-10(3,12)8-6-5-7-9(2)11/h5,7-8,12H,4H2,1-3H3/b9-7+. The first-order valence-corrected chi connectivity index (χ1v) is 4.34. The van der Waals surface area contributed by atoms with Gasteiger partial charge in [-0.1, -0.05) is 18.5 Å². The van der Waals surface area contributed by atoms with Crippen LogP contribution in [0.1, 0.15) is 27.2 Å². The van der Waals surface area contributed by atoms with Gasteiger partial charge in [0, 0.05) is 5.03 Å². The molecule has 0 rings (SSSR count). The van der Waals surface area contributed by atoms with Crippen molar-refractivity contribution in [3.8, 4) is 0 Å². The van der Waals surface area contributed by atoms with Crippen molar-refractivity contribution >= 4 is 11.6 Å². The van der Waals surface area contributed by atoms with E-state index in [1.807, 2.05) is 6.92 Å². The van der Waals surface area contributed by atoms with E-state index in [0.29, 0.717) is 11.5 Å². The Labute approximate surface area is 79.1 Å². The Morgan fingerprint density at radius 2 is 2.25 bits per heavy atom. The highest BCUT2D eigenvalue weighted by molar-refractivity contribution is 6.29. The van der Waals surface area contributed by atoms with E-state index in [-0.39, 0.29) is 0 Å². The molecule has 0 spiro atoms. The molecule has 0 aliphatic carbocycles. The Hall–Kier alpha value is -0.490. The van der Waals surface area contributed by atoms with Gasteiger partial charge in [0.05, 0.1) is 5.60 Å². The van der Waals surface area contributed by atoms with Gasteiger partial charge in [-0.05, 0) is 38.5 Å². The number of aliphatic hydroxyl groups is 1. The second-order valence-corrected chi connectivity index (χ2v) is 3.54. The van der Waals surface area contributed by atoms with Crippen LogP contribution in [0.4, 0.5) is 0 Å². The van der Waals surface area contributed by atoms with E-state index in [9.17, 15) is 5.11 Å². The van der Waals surface area contributed by atoms with Crippen LogP contribution in [0.5, 0.6) is 0 Å². The highest BCUT2D eigenvalue weighted by Crippen LogP contribution is 2.08. The van der Waals surface area contributed by atoms with Gasteiger partial charge in [-0.2, -0.15) is 0 Å². The summed E-state index contributed by atoms with van der Waals surface area (Å²) in [6.45, 7) is 5.45. The number of halogens is 1. The average Bonchev–Trinajstić information content (AvgIpc) is 1.98. The van der Waals surface area contributed by atoms with E-state index >= 15 is 0 Å². The van der Waals surface area contributed by atoms with Crippen molar-refractivity contribution < 1.29 is 5.11 Å².